The lowest BCUT2D eigenvalue weighted by Gasteiger charge is -2.13. The van der Waals surface area contributed by atoms with E-state index in [0.29, 0.717) is 18.8 Å². The predicted octanol–water partition coefficient (Wildman–Crippen LogP) is 4.66. The van der Waals surface area contributed by atoms with Crippen LogP contribution in [0.2, 0.25) is 0 Å². The zero-order valence-electron chi connectivity index (χ0n) is 14.8. The summed E-state index contributed by atoms with van der Waals surface area (Å²) in [5, 5.41) is 2.95. The van der Waals surface area contributed by atoms with E-state index in [1.54, 1.807) is 6.20 Å². The summed E-state index contributed by atoms with van der Waals surface area (Å²) in [5.41, 5.74) is 2.20. The van der Waals surface area contributed by atoms with Crippen molar-refractivity contribution >= 4 is 21.8 Å². The van der Waals surface area contributed by atoms with Gasteiger partial charge in [-0.05, 0) is 56.9 Å². The minimum absolute atomic E-state index is 0.0583. The third-order valence-corrected chi connectivity index (χ3v) is 4.23. The summed E-state index contributed by atoms with van der Waals surface area (Å²) >= 11 is 3.43. The Bertz CT molecular complexity index is 672. The minimum atomic E-state index is 0.0583. The lowest BCUT2D eigenvalue weighted by Crippen LogP contribution is -2.23. The van der Waals surface area contributed by atoms with E-state index in [1.807, 2.05) is 38.1 Å². The molecule has 134 valence electrons. The lowest BCUT2D eigenvalue weighted by atomic mass is 10.1. The highest BCUT2D eigenvalue weighted by Gasteiger charge is 2.08. The van der Waals surface area contributed by atoms with Gasteiger partial charge < -0.3 is 10.1 Å². The number of benzene rings is 1. The SMILES string of the molecule is CC(C)Oc1ncccc1CNC(=O)CCCCc1ccc(Br)cc1. The zero-order valence-corrected chi connectivity index (χ0v) is 16.4. The van der Waals surface area contributed by atoms with Gasteiger partial charge in [0.1, 0.15) is 0 Å². The number of rotatable bonds is 9. The van der Waals surface area contributed by atoms with Gasteiger partial charge in [-0.1, -0.05) is 34.1 Å². The molecule has 0 aliphatic rings. The van der Waals surface area contributed by atoms with Crippen LogP contribution < -0.4 is 10.1 Å². The van der Waals surface area contributed by atoms with Crippen molar-refractivity contribution in [3.63, 3.8) is 0 Å². The number of hydrogen-bond acceptors (Lipinski definition) is 3. The third kappa shape index (κ3) is 7.26. The number of ether oxygens (including phenoxy) is 1. The number of pyridine rings is 1. The number of unbranched alkanes of at least 4 members (excludes halogenated alkanes) is 1. The number of hydrogen-bond donors (Lipinski definition) is 1. The molecule has 0 saturated heterocycles. The Morgan fingerprint density at radius 2 is 1.96 bits per heavy atom. The first-order chi connectivity index (χ1) is 12.0. The predicted molar refractivity (Wildman–Crippen MR) is 104 cm³/mol. The van der Waals surface area contributed by atoms with Crippen LogP contribution in [0.3, 0.4) is 0 Å². The zero-order chi connectivity index (χ0) is 18.1. The normalized spacial score (nSPS) is 10.7. The molecule has 1 amide bonds. The first kappa shape index (κ1) is 19.4. The van der Waals surface area contributed by atoms with Crippen LogP contribution in [0.5, 0.6) is 5.88 Å². The van der Waals surface area contributed by atoms with Crippen molar-refractivity contribution in [3.8, 4) is 5.88 Å². The third-order valence-electron chi connectivity index (χ3n) is 3.71. The molecule has 0 spiro atoms. The Hall–Kier alpha value is -1.88. The minimum Gasteiger partial charge on any atom is -0.475 e. The number of amides is 1. The van der Waals surface area contributed by atoms with Crippen molar-refractivity contribution in [1.29, 1.82) is 0 Å². The standard InChI is InChI=1S/C20H25BrN2O2/c1-15(2)25-20-17(7-5-13-22-20)14-23-19(24)8-4-3-6-16-9-11-18(21)12-10-16/h5,7,9-13,15H,3-4,6,8,14H2,1-2H3,(H,23,24). The second-order valence-corrected chi connectivity index (χ2v) is 7.16. The smallest absolute Gasteiger partial charge is 0.220 e. The van der Waals surface area contributed by atoms with Crippen LogP contribution in [0.1, 0.15) is 44.2 Å². The molecule has 1 heterocycles. The first-order valence-corrected chi connectivity index (χ1v) is 9.45. The van der Waals surface area contributed by atoms with Crippen molar-refractivity contribution < 1.29 is 9.53 Å². The number of halogens is 1. The molecule has 0 bridgehead atoms. The van der Waals surface area contributed by atoms with Crippen LogP contribution in [-0.2, 0) is 17.8 Å². The number of carbonyl (C=O) groups is 1. The topological polar surface area (TPSA) is 51.2 Å². The van der Waals surface area contributed by atoms with Gasteiger partial charge in [-0.2, -0.15) is 0 Å². The number of nitrogens with zero attached hydrogens (tertiary/aromatic N) is 1. The highest BCUT2D eigenvalue weighted by atomic mass is 79.9. The molecule has 0 saturated carbocycles. The molecular weight excluding hydrogens is 380 g/mol. The Balaban J connectivity index is 1.69. The fourth-order valence-electron chi connectivity index (χ4n) is 2.44. The molecule has 5 heteroatoms. The Morgan fingerprint density at radius 3 is 2.68 bits per heavy atom. The van der Waals surface area contributed by atoms with Gasteiger partial charge in [0, 0.05) is 29.2 Å². The average Bonchev–Trinajstić information content (AvgIpc) is 2.59. The molecule has 1 aromatic carbocycles. The maximum Gasteiger partial charge on any atom is 0.220 e. The van der Waals surface area contributed by atoms with E-state index < -0.39 is 0 Å². The van der Waals surface area contributed by atoms with Gasteiger partial charge in [-0.3, -0.25) is 4.79 Å². The Kier molecular flexibility index (Phi) is 7.92. The monoisotopic (exact) mass is 404 g/mol. The molecule has 0 aliphatic carbocycles. The van der Waals surface area contributed by atoms with E-state index in [1.165, 1.54) is 5.56 Å². The fourth-order valence-corrected chi connectivity index (χ4v) is 2.70. The van der Waals surface area contributed by atoms with Gasteiger partial charge in [-0.25, -0.2) is 4.98 Å². The molecule has 2 aromatic rings. The number of nitrogens with one attached hydrogen (secondary N) is 1. The van der Waals surface area contributed by atoms with E-state index in [2.05, 4.69) is 38.4 Å². The maximum atomic E-state index is 12.0. The Morgan fingerprint density at radius 1 is 1.20 bits per heavy atom. The summed E-state index contributed by atoms with van der Waals surface area (Å²) in [6, 6.07) is 12.1. The summed E-state index contributed by atoms with van der Waals surface area (Å²) in [5.74, 6) is 0.656. The molecule has 0 radical (unpaired) electrons. The van der Waals surface area contributed by atoms with E-state index in [0.717, 1.165) is 29.3 Å². The second-order valence-electron chi connectivity index (χ2n) is 6.24. The van der Waals surface area contributed by atoms with Crippen LogP contribution >= 0.6 is 15.9 Å². The molecule has 4 nitrogen and oxygen atoms in total. The molecule has 0 aliphatic heterocycles. The van der Waals surface area contributed by atoms with Crippen molar-refractivity contribution in [3.05, 3.63) is 58.2 Å². The second kappa shape index (κ2) is 10.2. The van der Waals surface area contributed by atoms with Crippen molar-refractivity contribution in [1.82, 2.24) is 10.3 Å². The van der Waals surface area contributed by atoms with Gasteiger partial charge in [0.2, 0.25) is 11.8 Å². The van der Waals surface area contributed by atoms with Crippen molar-refractivity contribution in [2.24, 2.45) is 0 Å². The Labute approximate surface area is 158 Å². The quantitative estimate of drug-likeness (QED) is 0.618. The highest BCUT2D eigenvalue weighted by Crippen LogP contribution is 2.16. The summed E-state index contributed by atoms with van der Waals surface area (Å²) in [6.45, 7) is 4.37. The molecule has 0 atom stereocenters. The largest absolute Gasteiger partial charge is 0.475 e. The van der Waals surface area contributed by atoms with E-state index >= 15 is 0 Å². The highest BCUT2D eigenvalue weighted by molar-refractivity contribution is 9.10. The van der Waals surface area contributed by atoms with Crippen LogP contribution in [-0.4, -0.2) is 17.0 Å². The lowest BCUT2D eigenvalue weighted by molar-refractivity contribution is -0.121. The van der Waals surface area contributed by atoms with Crippen LogP contribution in [0.4, 0.5) is 0 Å². The van der Waals surface area contributed by atoms with Crippen LogP contribution in [0.25, 0.3) is 0 Å². The van der Waals surface area contributed by atoms with E-state index in [4.69, 9.17) is 4.74 Å². The molecule has 2 rings (SSSR count). The summed E-state index contributed by atoms with van der Waals surface area (Å²) in [4.78, 5) is 16.3. The van der Waals surface area contributed by atoms with Crippen molar-refractivity contribution in [2.45, 2.75) is 52.2 Å². The van der Waals surface area contributed by atoms with Gasteiger partial charge in [-0.15, -0.1) is 0 Å². The van der Waals surface area contributed by atoms with Gasteiger partial charge in [0.25, 0.3) is 0 Å². The molecule has 0 unspecified atom stereocenters. The molecule has 25 heavy (non-hydrogen) atoms. The van der Waals surface area contributed by atoms with E-state index in [-0.39, 0.29) is 12.0 Å². The fraction of sp³-hybridized carbons (Fsp3) is 0.400. The summed E-state index contributed by atoms with van der Waals surface area (Å²) in [7, 11) is 0. The summed E-state index contributed by atoms with van der Waals surface area (Å²) < 4.78 is 6.76. The molecular formula is C20H25BrN2O2. The number of carbonyl (C=O) groups excluding carboxylic acids is 1. The average molecular weight is 405 g/mol. The van der Waals surface area contributed by atoms with Crippen LogP contribution in [0, 0.1) is 0 Å². The molecule has 1 N–H and O–H groups in total. The maximum absolute atomic E-state index is 12.0. The number of aromatic nitrogens is 1. The van der Waals surface area contributed by atoms with Gasteiger partial charge in [0.15, 0.2) is 0 Å². The van der Waals surface area contributed by atoms with Gasteiger partial charge >= 0.3 is 0 Å². The van der Waals surface area contributed by atoms with Gasteiger partial charge in [0.05, 0.1) is 6.10 Å². The number of aryl methyl sites for hydroxylation is 1. The van der Waals surface area contributed by atoms with Crippen molar-refractivity contribution in [2.75, 3.05) is 0 Å². The molecule has 1 aromatic heterocycles. The first-order valence-electron chi connectivity index (χ1n) is 8.66. The summed E-state index contributed by atoms with van der Waals surface area (Å²) in [6.07, 6.45) is 5.18. The molecule has 0 fully saturated rings. The van der Waals surface area contributed by atoms with Crippen LogP contribution in [0.15, 0.2) is 47.1 Å². The van der Waals surface area contributed by atoms with E-state index in [9.17, 15) is 4.79 Å².